The molecule has 0 amide bonds. The Labute approximate surface area is 317 Å². The molecule has 0 spiro atoms. The third-order valence-electron chi connectivity index (χ3n) is 7.20. The summed E-state index contributed by atoms with van der Waals surface area (Å²) in [6, 6.07) is 0. The van der Waals surface area contributed by atoms with E-state index in [1.54, 1.807) is 0 Å². The molecular formula is C32H20F15N3O9. The number of carbonyl (C=O) groups excluding carboxylic acids is 3. The lowest BCUT2D eigenvalue weighted by Gasteiger charge is -2.31. The lowest BCUT2D eigenvalue weighted by molar-refractivity contribution is -0.137. The van der Waals surface area contributed by atoms with Crippen LogP contribution in [-0.4, -0.2) is 64.1 Å². The van der Waals surface area contributed by atoms with Gasteiger partial charge in [0.25, 0.3) is 0 Å². The van der Waals surface area contributed by atoms with Crippen LogP contribution in [0.4, 0.5) is 65.9 Å². The van der Waals surface area contributed by atoms with Crippen molar-refractivity contribution < 1.29 is 109 Å². The number of esters is 3. The molecule has 0 atom stereocenters. The van der Waals surface area contributed by atoms with E-state index in [1.165, 1.54) is 0 Å². The summed E-state index contributed by atoms with van der Waals surface area (Å²) in [5.41, 5.74) is 7.11. The van der Waals surface area contributed by atoms with Gasteiger partial charge in [0, 0.05) is 16.9 Å². The number of benzene rings is 3. The molecule has 59 heavy (non-hydrogen) atoms. The maximum atomic E-state index is 13.9. The number of hydrogen-bond acceptors (Lipinski definition) is 10. The van der Waals surface area contributed by atoms with Gasteiger partial charge in [-0.2, -0.15) is 26.3 Å². The molecule has 12 nitrogen and oxygen atoms in total. The van der Waals surface area contributed by atoms with Crippen molar-refractivity contribution in [2.45, 2.75) is 19.3 Å². The Balaban J connectivity index is 1.71. The molecular weight excluding hydrogens is 855 g/mol. The number of hydrogen-bond donors (Lipinski definition) is 0. The van der Waals surface area contributed by atoms with Gasteiger partial charge in [-0.05, 0) is 5.53 Å². The van der Waals surface area contributed by atoms with Crippen molar-refractivity contribution in [3.8, 4) is 17.2 Å². The molecule has 27 heteroatoms. The van der Waals surface area contributed by atoms with E-state index >= 15 is 0 Å². The Kier molecular flexibility index (Phi) is 16.7. The minimum absolute atomic E-state index is 0.734. The number of nitrogens with zero attached hydrogens (tertiary/aromatic N) is 3. The van der Waals surface area contributed by atoms with Crippen molar-refractivity contribution in [2.24, 2.45) is 10.5 Å². The molecule has 0 aliphatic rings. The largest absolute Gasteiger partial charge is 0.420 e. The fourth-order valence-electron chi connectivity index (χ4n) is 4.29. The molecule has 0 saturated carbocycles. The summed E-state index contributed by atoms with van der Waals surface area (Å²) in [6.45, 7) is -5.48. The second-order valence-corrected chi connectivity index (χ2v) is 11.4. The highest BCUT2D eigenvalue weighted by molar-refractivity contribution is 5.73. The summed E-state index contributed by atoms with van der Waals surface area (Å²) in [7, 11) is 0. The molecule has 0 bridgehead atoms. The highest BCUT2D eigenvalue weighted by Gasteiger charge is 2.34. The van der Waals surface area contributed by atoms with Crippen LogP contribution in [0.25, 0.3) is 10.4 Å². The second kappa shape index (κ2) is 20.8. The van der Waals surface area contributed by atoms with Crippen molar-refractivity contribution in [1.29, 1.82) is 0 Å². The summed E-state index contributed by atoms with van der Waals surface area (Å²) < 4.78 is 232. The number of azide groups is 1. The predicted octanol–water partition coefficient (Wildman–Crippen LogP) is 7.41. The van der Waals surface area contributed by atoms with E-state index in [0.29, 0.717) is 0 Å². The third kappa shape index (κ3) is 11.5. The van der Waals surface area contributed by atoms with E-state index in [9.17, 15) is 80.2 Å². The molecule has 3 rings (SSSR count). The number of ether oxygens (including phenoxy) is 6. The lowest BCUT2D eigenvalue weighted by Crippen LogP contribution is -2.41. The van der Waals surface area contributed by atoms with Crippen LogP contribution in [0.2, 0.25) is 0 Å². The van der Waals surface area contributed by atoms with Crippen molar-refractivity contribution in [3.63, 3.8) is 0 Å². The average molecular weight is 875 g/mol. The summed E-state index contributed by atoms with van der Waals surface area (Å²) in [4.78, 5) is 38.9. The van der Waals surface area contributed by atoms with Crippen LogP contribution in [0.5, 0.6) is 17.2 Å². The van der Waals surface area contributed by atoms with Crippen LogP contribution in [0.3, 0.4) is 0 Å². The van der Waals surface area contributed by atoms with E-state index in [4.69, 9.17) is 19.7 Å². The van der Waals surface area contributed by atoms with Gasteiger partial charge in [-0.15, -0.1) is 0 Å². The topological polar surface area (TPSA) is 155 Å². The summed E-state index contributed by atoms with van der Waals surface area (Å²) in [5, 5.41) is 3.29. The molecule has 0 aromatic heterocycles. The molecule has 0 saturated heterocycles. The Bertz CT molecular complexity index is 1850. The molecule has 0 aliphatic carbocycles. The molecule has 3 aromatic carbocycles. The molecule has 0 fully saturated rings. The van der Waals surface area contributed by atoms with E-state index in [2.05, 4.69) is 24.2 Å². The highest BCUT2D eigenvalue weighted by atomic mass is 19.2. The Morgan fingerprint density at radius 3 is 0.864 bits per heavy atom. The van der Waals surface area contributed by atoms with Gasteiger partial charge >= 0.3 is 17.9 Å². The molecule has 3 aromatic rings. The first kappa shape index (κ1) is 47.6. The number of carbonyl (C=O) groups is 3. The van der Waals surface area contributed by atoms with Crippen molar-refractivity contribution >= 4 is 17.9 Å². The van der Waals surface area contributed by atoms with Crippen LogP contribution in [0, 0.1) is 92.7 Å². The minimum atomic E-state index is -2.55. The first-order valence-electron chi connectivity index (χ1n) is 15.6. The van der Waals surface area contributed by atoms with Crippen molar-refractivity contribution in [1.82, 2.24) is 0 Å². The van der Waals surface area contributed by atoms with Crippen LogP contribution in [-0.2, 0) is 28.6 Å². The smallest absolute Gasteiger partial charge is 0.313 e. The predicted molar refractivity (Wildman–Crippen MR) is 158 cm³/mol. The van der Waals surface area contributed by atoms with Gasteiger partial charge in [0.1, 0.15) is 0 Å². The lowest BCUT2D eigenvalue weighted by atomic mass is 9.91. The first-order valence-corrected chi connectivity index (χ1v) is 15.6. The number of rotatable bonds is 20. The van der Waals surface area contributed by atoms with Gasteiger partial charge in [0.05, 0.1) is 58.9 Å². The van der Waals surface area contributed by atoms with Gasteiger partial charge in [-0.3, -0.25) is 14.4 Å². The summed E-state index contributed by atoms with van der Waals surface area (Å²) in [5.74, 6) is -48.0. The monoisotopic (exact) mass is 875 g/mol. The van der Waals surface area contributed by atoms with Crippen LogP contribution in [0.1, 0.15) is 19.3 Å². The molecule has 0 heterocycles. The Morgan fingerprint density at radius 1 is 0.424 bits per heavy atom. The molecule has 0 aliphatic heterocycles. The Morgan fingerprint density at radius 2 is 0.644 bits per heavy atom. The van der Waals surface area contributed by atoms with Gasteiger partial charge in [-0.25, -0.2) is 39.5 Å². The maximum absolute atomic E-state index is 13.9. The van der Waals surface area contributed by atoms with Crippen LogP contribution < -0.4 is 14.2 Å². The third-order valence-corrected chi connectivity index (χ3v) is 7.20. The molecule has 322 valence electrons. The van der Waals surface area contributed by atoms with E-state index < -0.39 is 193 Å². The fraction of sp³-hybridized carbons (Fsp3) is 0.344. The zero-order valence-electron chi connectivity index (χ0n) is 28.8. The molecule has 0 N–H and O–H groups in total. The normalized spacial score (nSPS) is 11.4. The Hall–Kier alpha value is -5.79. The SMILES string of the molecule is [N-]=[N+]=NCC(COCCC(=O)Oc1c(F)c(F)c(F)c(F)c1F)(COCCC(=O)Oc1c(F)c(F)c(F)c(F)c1F)COCCC(=O)Oc1c(F)c(F)c(F)c(F)c1F. The van der Waals surface area contributed by atoms with Crippen LogP contribution in [0.15, 0.2) is 5.11 Å². The second-order valence-electron chi connectivity index (χ2n) is 11.4. The van der Waals surface area contributed by atoms with Gasteiger partial charge in [-0.1, -0.05) is 5.11 Å². The zero-order valence-corrected chi connectivity index (χ0v) is 28.8. The highest BCUT2D eigenvalue weighted by Crippen LogP contribution is 2.32. The van der Waals surface area contributed by atoms with Gasteiger partial charge in [0.2, 0.25) is 105 Å². The van der Waals surface area contributed by atoms with E-state index in [0.717, 1.165) is 0 Å². The van der Waals surface area contributed by atoms with E-state index in [-0.39, 0.29) is 0 Å². The fourth-order valence-corrected chi connectivity index (χ4v) is 4.29. The van der Waals surface area contributed by atoms with Crippen LogP contribution >= 0.6 is 0 Å². The first-order chi connectivity index (χ1) is 27.7. The van der Waals surface area contributed by atoms with Crippen molar-refractivity contribution in [3.05, 3.63) is 97.7 Å². The quantitative estimate of drug-likeness (QED) is 0.0130. The summed E-state index contributed by atoms with van der Waals surface area (Å²) in [6.07, 6.45) is -2.94. The van der Waals surface area contributed by atoms with Gasteiger partial charge in [0.15, 0.2) is 0 Å². The standard InChI is InChI=1S/C32H20F15N3O9/c33-14-17(36)23(42)29(24(43)18(14)37)57-11(51)1-4-54-8-32(7-49-50-48,9-55-5-2-12(52)58-30-25(44)19(38)15(34)20(39)26(30)45)10-56-6-3-13(53)59-31-27(46)21(40)16(35)22(41)28(31)47/h1-10H2. The zero-order chi connectivity index (χ0) is 44.4. The number of halogens is 15. The summed E-state index contributed by atoms with van der Waals surface area (Å²) >= 11 is 0. The molecule has 0 unspecified atom stereocenters. The van der Waals surface area contributed by atoms with Crippen molar-refractivity contribution in [2.75, 3.05) is 46.2 Å². The minimum Gasteiger partial charge on any atom is -0.420 e. The van der Waals surface area contributed by atoms with E-state index in [1.807, 2.05) is 0 Å². The average Bonchev–Trinajstić information content (AvgIpc) is 3.22. The molecule has 0 radical (unpaired) electrons. The van der Waals surface area contributed by atoms with Gasteiger partial charge < -0.3 is 28.4 Å². The maximum Gasteiger partial charge on any atom is 0.313 e.